The zero-order valence-electron chi connectivity index (χ0n) is 38.3. The highest BCUT2D eigenvalue weighted by molar-refractivity contribution is 7.98. The Morgan fingerprint density at radius 3 is 2.24 bits per heavy atom. The number of likely N-dealkylation sites (tertiary alicyclic amines) is 1. The molecule has 4 N–H and O–H groups in total. The maximum Gasteiger partial charge on any atom is 0.404 e. The van der Waals surface area contributed by atoms with Crippen molar-refractivity contribution >= 4 is 68.9 Å². The number of carbonyl (C=O) groups excluding carboxylic acids is 3. The van der Waals surface area contributed by atoms with Gasteiger partial charge in [0, 0.05) is 72.0 Å². The predicted molar refractivity (Wildman–Crippen MR) is 260 cm³/mol. The number of aliphatic hydroxyl groups excluding tert-OH is 2. The molecular formula is C47H62F4N5O9PS2. The van der Waals surface area contributed by atoms with E-state index in [9.17, 15) is 42.7 Å². The number of amides is 3. The van der Waals surface area contributed by atoms with Gasteiger partial charge in [-0.2, -0.15) is 31.5 Å². The third-order valence-corrected chi connectivity index (χ3v) is 17.2. The molecule has 4 heterocycles. The van der Waals surface area contributed by atoms with Crippen molar-refractivity contribution in [3.8, 4) is 0 Å². The highest BCUT2D eigenvalue weighted by Crippen LogP contribution is 2.67. The Hall–Kier alpha value is -3.75. The first kappa shape index (κ1) is 52.1. The largest absolute Gasteiger partial charge is 0.404 e. The molecule has 1 aromatic heterocycles. The van der Waals surface area contributed by atoms with Crippen molar-refractivity contribution < 1.29 is 55.8 Å². The van der Waals surface area contributed by atoms with Gasteiger partial charge in [0.25, 0.3) is 12.3 Å². The maximum atomic E-state index is 16.6. The van der Waals surface area contributed by atoms with Gasteiger partial charge in [-0.3, -0.25) is 28.6 Å². The summed E-state index contributed by atoms with van der Waals surface area (Å²) in [7, 11) is -5.24. The lowest BCUT2D eigenvalue weighted by atomic mass is 9.96. The Morgan fingerprint density at radius 2 is 1.60 bits per heavy atom. The highest BCUT2D eigenvalue weighted by atomic mass is 32.1. The fraction of sp³-hybridized carbons (Fsp3) is 0.574. The van der Waals surface area contributed by atoms with E-state index in [4.69, 9.17) is 9.05 Å². The Morgan fingerprint density at radius 1 is 0.926 bits per heavy atom. The van der Waals surface area contributed by atoms with Crippen LogP contribution in [0.15, 0.2) is 59.5 Å². The van der Waals surface area contributed by atoms with Crippen LogP contribution in [0, 0.1) is 0 Å². The summed E-state index contributed by atoms with van der Waals surface area (Å²) < 4.78 is 85.7. The van der Waals surface area contributed by atoms with Gasteiger partial charge in [0.1, 0.15) is 12.1 Å². The minimum Gasteiger partial charge on any atom is -0.360 e. The Kier molecular flexibility index (Phi) is 17.3. The maximum absolute atomic E-state index is 16.6. The number of nitrogens with one attached hydrogen (secondary N) is 2. The molecular weight excluding hydrogens is 950 g/mol. The van der Waals surface area contributed by atoms with Crippen molar-refractivity contribution in [1.29, 1.82) is 0 Å². The molecule has 0 radical (unpaired) electrons. The molecule has 1 spiro atoms. The van der Waals surface area contributed by atoms with Gasteiger partial charge in [0.05, 0.1) is 29.9 Å². The topological polar surface area (TPSA) is 182 Å². The van der Waals surface area contributed by atoms with Gasteiger partial charge in [0.2, 0.25) is 17.4 Å². The molecule has 0 bridgehead atoms. The smallest absolute Gasteiger partial charge is 0.360 e. The zero-order valence-corrected chi connectivity index (χ0v) is 40.9. The molecule has 21 heteroatoms. The van der Waals surface area contributed by atoms with E-state index in [1.54, 1.807) is 11.1 Å². The number of aromatic amines is 1. The van der Waals surface area contributed by atoms with Crippen LogP contribution in [0.3, 0.4) is 0 Å². The van der Waals surface area contributed by atoms with Crippen molar-refractivity contribution in [2.24, 2.45) is 0 Å². The van der Waals surface area contributed by atoms with E-state index < -0.39 is 80.5 Å². The number of hydrogen-bond acceptors (Lipinski definition) is 8. The molecule has 7 rings (SSSR count). The standard InChI is InChI=1S/C47H62F4N5O9PS2/c1-3-5-41(58)67-21-19-64-66(63,65-20-22-68-42(59)6-4-2)47(50,51)35-10-9-30-7-8-32(23-33(30)24-35)43(60)53-37-14-18-54(29-39(48)49)28-36-11-12-38(56(36)44(37)61)45(62)55-27-34(26-46(55)15-16-46)31-13-17-52-40(57)25-31/h7-10,13,17,23-25,34,36-39,58-59,67-68H,3-6,11-12,14-16,18-22,26-29H2,1-2H3,(H,52,57)(H,53,60)/t34?,36-,37+,38+/m1/s1. The molecule has 68 heavy (non-hydrogen) atoms. The predicted octanol–water partition coefficient (Wildman–Crippen LogP) is 7.69. The van der Waals surface area contributed by atoms with Gasteiger partial charge in [-0.15, -0.1) is 0 Å². The second-order valence-electron chi connectivity index (χ2n) is 18.1. The van der Waals surface area contributed by atoms with E-state index in [0.29, 0.717) is 79.6 Å². The van der Waals surface area contributed by atoms with Crippen molar-refractivity contribution in [3.63, 3.8) is 0 Å². The lowest BCUT2D eigenvalue weighted by molar-refractivity contribution is -0.148. The monoisotopic (exact) mass is 1010 g/mol. The SMILES string of the molecule is CCCC(O)=[SH]CCOP(=O)(OCC[SH]=C(O)CCC)C(F)(F)c1ccc2ccc(C(=O)N[C@H]3CCN(CC(F)F)C[C@H]4CC[C@@H](C(=O)N5CC(c6cc[nH]c(=O)c6)CC56CC6)N4C3=O)cc2c1. The molecule has 3 saturated heterocycles. The first-order valence-corrected chi connectivity index (χ1v) is 27.1. The number of thiol groups is 2. The summed E-state index contributed by atoms with van der Waals surface area (Å²) in [6, 6.07) is 8.60. The second-order valence-corrected chi connectivity index (χ2v) is 22.7. The number of H-pyrrole nitrogens is 1. The highest BCUT2D eigenvalue weighted by Gasteiger charge is 2.59. The fourth-order valence-electron chi connectivity index (χ4n) is 9.70. The number of rotatable bonds is 20. The molecule has 3 amide bonds. The third kappa shape index (κ3) is 12.0. The van der Waals surface area contributed by atoms with E-state index in [-0.39, 0.29) is 69.5 Å². The molecule has 4 atom stereocenters. The second kappa shape index (κ2) is 22.6. The molecule has 374 valence electrons. The summed E-state index contributed by atoms with van der Waals surface area (Å²) in [4.78, 5) is 63.0. The number of pyridine rings is 1. The average Bonchev–Trinajstić information content (AvgIpc) is 3.80. The number of alkyl halides is 4. The number of carbonyl (C=O) groups is 3. The van der Waals surface area contributed by atoms with Crippen LogP contribution in [-0.2, 0) is 28.9 Å². The third-order valence-electron chi connectivity index (χ3n) is 13.2. The van der Waals surface area contributed by atoms with Crippen LogP contribution in [0.1, 0.15) is 105 Å². The van der Waals surface area contributed by atoms with Crippen molar-refractivity contribution in [1.82, 2.24) is 25.0 Å². The van der Waals surface area contributed by atoms with Gasteiger partial charge >= 0.3 is 13.3 Å². The summed E-state index contributed by atoms with van der Waals surface area (Å²) in [6.07, 6.45) is 4.00. The van der Waals surface area contributed by atoms with E-state index in [1.807, 2.05) is 24.8 Å². The normalized spacial score (nSPS) is 23.5. The number of hydrogen-bond donors (Lipinski definition) is 6. The molecule has 1 saturated carbocycles. The first-order chi connectivity index (χ1) is 32.5. The van der Waals surface area contributed by atoms with E-state index >= 15 is 8.78 Å². The van der Waals surface area contributed by atoms with Crippen LogP contribution in [0.2, 0.25) is 0 Å². The number of halogens is 4. The summed E-state index contributed by atoms with van der Waals surface area (Å²) in [5.41, 5.74) is -4.70. The van der Waals surface area contributed by atoms with Crippen LogP contribution < -0.4 is 10.9 Å². The van der Waals surface area contributed by atoms with E-state index in [2.05, 4.69) is 10.3 Å². The summed E-state index contributed by atoms with van der Waals surface area (Å²) in [5.74, 6) is -1.41. The summed E-state index contributed by atoms with van der Waals surface area (Å²) >= 11 is 0.877. The van der Waals surface area contributed by atoms with Crippen molar-refractivity contribution in [3.05, 3.63) is 81.8 Å². The van der Waals surface area contributed by atoms with Crippen LogP contribution >= 0.6 is 30.3 Å². The van der Waals surface area contributed by atoms with Crippen LogP contribution in [0.5, 0.6) is 0 Å². The molecule has 1 unspecified atom stereocenters. The van der Waals surface area contributed by atoms with Gasteiger partial charge in [0.15, 0.2) is 0 Å². The number of aromatic nitrogens is 1. The van der Waals surface area contributed by atoms with Crippen LogP contribution in [-0.4, -0.2) is 139 Å². The first-order valence-electron chi connectivity index (χ1n) is 23.4. The molecule has 14 nitrogen and oxygen atoms in total. The molecule has 2 aromatic carbocycles. The molecule has 4 aliphatic rings. The summed E-state index contributed by atoms with van der Waals surface area (Å²) in [5, 5.41) is 23.8. The van der Waals surface area contributed by atoms with E-state index in [0.717, 1.165) is 30.5 Å². The number of fused-ring (bicyclic) bond motifs is 2. The van der Waals surface area contributed by atoms with Gasteiger partial charge in [-0.1, -0.05) is 32.0 Å². The van der Waals surface area contributed by atoms with Crippen molar-refractivity contribution in [2.75, 3.05) is 50.9 Å². The van der Waals surface area contributed by atoms with Gasteiger partial charge in [-0.25, -0.2) is 8.78 Å². The Bertz CT molecular complexity index is 2460. The fourth-order valence-corrected chi connectivity index (χ4v) is 13.1. The lowest BCUT2D eigenvalue weighted by Gasteiger charge is -2.40. The van der Waals surface area contributed by atoms with Crippen molar-refractivity contribution in [2.45, 2.75) is 120 Å². The quantitative estimate of drug-likeness (QED) is 0.0216. The van der Waals surface area contributed by atoms with Gasteiger partial charge < -0.3 is 39.4 Å². The molecule has 3 aromatic rings. The van der Waals surface area contributed by atoms with Gasteiger partial charge in [-0.05, 0) is 105 Å². The zero-order chi connectivity index (χ0) is 48.8. The summed E-state index contributed by atoms with van der Waals surface area (Å²) in [6.45, 7) is 2.93. The molecule has 3 aliphatic heterocycles. The Labute approximate surface area is 400 Å². The Balaban J connectivity index is 1.11. The molecule has 1 aliphatic carbocycles. The molecule has 4 fully saturated rings. The number of benzene rings is 2. The van der Waals surface area contributed by atoms with E-state index in [1.165, 1.54) is 35.2 Å². The average molecular weight is 1010 g/mol. The minimum absolute atomic E-state index is 0.00126. The number of aliphatic hydroxyl groups is 2. The number of nitrogens with zero attached hydrogens (tertiary/aromatic N) is 3. The van der Waals surface area contributed by atoms with Crippen LogP contribution in [0.25, 0.3) is 10.8 Å². The van der Waals surface area contributed by atoms with Crippen LogP contribution in [0.4, 0.5) is 17.6 Å². The lowest BCUT2D eigenvalue weighted by Crippen LogP contribution is -2.60. The minimum atomic E-state index is -5.24.